The number of ketones is 1. The van der Waals surface area contributed by atoms with E-state index in [1.54, 1.807) is 42.5 Å². The van der Waals surface area contributed by atoms with Crippen molar-refractivity contribution in [2.24, 2.45) is 0 Å². The Morgan fingerprint density at radius 1 is 1.00 bits per heavy atom. The van der Waals surface area contributed by atoms with Crippen LogP contribution in [-0.4, -0.2) is 18.2 Å². The zero-order valence-corrected chi connectivity index (χ0v) is 13.1. The molecule has 0 atom stereocenters. The molecule has 3 aromatic rings. The molecule has 0 saturated heterocycles. The van der Waals surface area contributed by atoms with Gasteiger partial charge in [0.05, 0.1) is 10.4 Å². The minimum absolute atomic E-state index is 0.152. The summed E-state index contributed by atoms with van der Waals surface area (Å²) in [6.07, 6.45) is 1.42. The van der Waals surface area contributed by atoms with E-state index in [9.17, 15) is 13.2 Å². The molecule has 0 aliphatic rings. The van der Waals surface area contributed by atoms with E-state index < -0.39 is 10.0 Å². The Labute approximate surface area is 129 Å². The minimum atomic E-state index is -3.73. The maximum absolute atomic E-state index is 12.8. The third kappa shape index (κ3) is 2.14. The molecule has 112 valence electrons. The minimum Gasteiger partial charge on any atom is -0.294 e. The summed E-state index contributed by atoms with van der Waals surface area (Å²) in [5.74, 6) is -0.152. The first-order valence-corrected chi connectivity index (χ1v) is 8.29. The molecule has 0 radical (unpaired) electrons. The molecule has 0 aliphatic carbocycles. The van der Waals surface area contributed by atoms with E-state index in [0.29, 0.717) is 16.5 Å². The average Bonchev–Trinajstić information content (AvgIpc) is 2.90. The number of carbonyl (C=O) groups is 1. The first-order valence-electron chi connectivity index (χ1n) is 6.85. The predicted molar refractivity (Wildman–Crippen MR) is 85.7 cm³/mol. The second kappa shape index (κ2) is 5.10. The number of aromatic nitrogens is 1. The van der Waals surface area contributed by atoms with E-state index in [1.807, 2.05) is 13.0 Å². The number of carbonyl (C=O) groups excluding carboxylic acids is 1. The van der Waals surface area contributed by atoms with Gasteiger partial charge in [-0.3, -0.25) is 4.79 Å². The van der Waals surface area contributed by atoms with Gasteiger partial charge in [0.2, 0.25) is 0 Å². The molecule has 22 heavy (non-hydrogen) atoms. The molecule has 0 aliphatic heterocycles. The molecule has 0 spiro atoms. The van der Waals surface area contributed by atoms with Crippen LogP contribution in [0.3, 0.4) is 0 Å². The van der Waals surface area contributed by atoms with Gasteiger partial charge in [-0.05, 0) is 37.6 Å². The lowest BCUT2D eigenvalue weighted by Gasteiger charge is -2.07. The van der Waals surface area contributed by atoms with E-state index in [4.69, 9.17) is 0 Å². The third-order valence-electron chi connectivity index (χ3n) is 3.68. The normalized spacial score (nSPS) is 11.7. The molecule has 0 fully saturated rings. The summed E-state index contributed by atoms with van der Waals surface area (Å²) in [6.45, 7) is 3.31. The second-order valence-corrected chi connectivity index (χ2v) is 7.00. The van der Waals surface area contributed by atoms with Crippen LogP contribution < -0.4 is 0 Å². The van der Waals surface area contributed by atoms with Crippen LogP contribution in [0.15, 0.2) is 59.6 Å². The zero-order chi connectivity index (χ0) is 15.9. The Bertz CT molecular complexity index is 970. The highest BCUT2D eigenvalue weighted by Crippen LogP contribution is 2.28. The number of rotatable bonds is 3. The summed E-state index contributed by atoms with van der Waals surface area (Å²) in [6, 6.07) is 13.6. The summed E-state index contributed by atoms with van der Waals surface area (Å²) in [5, 5.41) is 0.689. The molecule has 1 heterocycles. The van der Waals surface area contributed by atoms with Crippen LogP contribution in [-0.2, 0) is 10.0 Å². The molecule has 2 aromatic carbocycles. The first-order chi connectivity index (χ1) is 10.4. The van der Waals surface area contributed by atoms with E-state index in [1.165, 1.54) is 17.1 Å². The molecule has 1 aromatic heterocycles. The van der Waals surface area contributed by atoms with Crippen molar-refractivity contribution in [3.05, 3.63) is 65.9 Å². The number of aryl methyl sites for hydroxylation is 1. The second-order valence-electron chi connectivity index (χ2n) is 5.18. The fourth-order valence-corrected chi connectivity index (χ4v) is 3.99. The summed E-state index contributed by atoms with van der Waals surface area (Å²) >= 11 is 0. The van der Waals surface area contributed by atoms with Crippen LogP contribution in [0.5, 0.6) is 0 Å². The smallest absolute Gasteiger partial charge is 0.268 e. The van der Waals surface area contributed by atoms with Gasteiger partial charge < -0.3 is 0 Å². The van der Waals surface area contributed by atoms with Crippen LogP contribution in [0, 0.1) is 6.92 Å². The monoisotopic (exact) mass is 313 g/mol. The Hall–Kier alpha value is -2.40. The van der Waals surface area contributed by atoms with E-state index in [0.717, 1.165) is 5.56 Å². The Balaban J connectivity index is 2.38. The van der Waals surface area contributed by atoms with Crippen molar-refractivity contribution in [1.29, 1.82) is 0 Å². The van der Waals surface area contributed by atoms with Crippen molar-refractivity contribution in [2.45, 2.75) is 18.7 Å². The number of Topliss-reactive ketones (excluding diaryl/α,β-unsaturated/α-hetero) is 1. The SMILES string of the molecule is CC(=O)c1cn(S(=O)(=O)c2ccccc2)c2cccc(C)c12. The molecule has 0 N–H and O–H groups in total. The Morgan fingerprint density at radius 2 is 1.68 bits per heavy atom. The summed E-state index contributed by atoms with van der Waals surface area (Å²) < 4.78 is 26.9. The van der Waals surface area contributed by atoms with Gasteiger partial charge in [-0.15, -0.1) is 0 Å². The highest BCUT2D eigenvalue weighted by atomic mass is 32.2. The number of hydrogen-bond acceptors (Lipinski definition) is 3. The van der Waals surface area contributed by atoms with Crippen LogP contribution >= 0.6 is 0 Å². The number of nitrogens with zero attached hydrogens (tertiary/aromatic N) is 1. The lowest BCUT2D eigenvalue weighted by Crippen LogP contribution is -2.11. The third-order valence-corrected chi connectivity index (χ3v) is 5.37. The summed E-state index contributed by atoms with van der Waals surface area (Å²) in [7, 11) is -3.73. The molecule has 3 rings (SSSR count). The highest BCUT2D eigenvalue weighted by molar-refractivity contribution is 7.90. The van der Waals surface area contributed by atoms with E-state index >= 15 is 0 Å². The standard InChI is InChI=1S/C17H15NO3S/c1-12-7-6-10-16-17(12)15(13(2)19)11-18(16)22(20,21)14-8-4-3-5-9-14/h3-11H,1-2H3. The van der Waals surface area contributed by atoms with Crippen molar-refractivity contribution < 1.29 is 13.2 Å². The number of fused-ring (bicyclic) bond motifs is 1. The predicted octanol–water partition coefficient (Wildman–Crippen LogP) is 3.39. The fraction of sp³-hybridized carbons (Fsp3) is 0.118. The maximum atomic E-state index is 12.8. The summed E-state index contributed by atoms with van der Waals surface area (Å²) in [4.78, 5) is 12.1. The van der Waals surface area contributed by atoms with Crippen LogP contribution in [0.4, 0.5) is 0 Å². The molecule has 0 amide bonds. The Morgan fingerprint density at radius 3 is 2.32 bits per heavy atom. The Kier molecular flexibility index (Phi) is 3.37. The van der Waals surface area contributed by atoms with Crippen LogP contribution in [0.2, 0.25) is 0 Å². The molecule has 0 bridgehead atoms. The van der Waals surface area contributed by atoms with E-state index in [2.05, 4.69) is 0 Å². The largest absolute Gasteiger partial charge is 0.294 e. The van der Waals surface area contributed by atoms with Crippen molar-refractivity contribution in [2.75, 3.05) is 0 Å². The first kappa shape index (κ1) is 14.5. The van der Waals surface area contributed by atoms with Crippen LogP contribution in [0.25, 0.3) is 10.9 Å². The van der Waals surface area contributed by atoms with E-state index in [-0.39, 0.29) is 10.7 Å². The zero-order valence-electron chi connectivity index (χ0n) is 12.3. The van der Waals surface area contributed by atoms with Crippen molar-refractivity contribution >= 4 is 26.7 Å². The van der Waals surface area contributed by atoms with Gasteiger partial charge in [0.1, 0.15) is 0 Å². The molecule has 5 heteroatoms. The number of hydrogen-bond donors (Lipinski definition) is 0. The topological polar surface area (TPSA) is 56.1 Å². The summed E-state index contributed by atoms with van der Waals surface area (Å²) in [5.41, 5.74) is 1.83. The average molecular weight is 313 g/mol. The number of benzene rings is 2. The van der Waals surface area contributed by atoms with Gasteiger partial charge in [0.15, 0.2) is 5.78 Å². The van der Waals surface area contributed by atoms with Crippen molar-refractivity contribution in [3.63, 3.8) is 0 Å². The van der Waals surface area contributed by atoms with Gasteiger partial charge >= 0.3 is 0 Å². The van der Waals surface area contributed by atoms with Gasteiger partial charge in [0.25, 0.3) is 10.0 Å². The van der Waals surface area contributed by atoms with Gasteiger partial charge in [0, 0.05) is 17.1 Å². The lowest BCUT2D eigenvalue weighted by molar-refractivity contribution is 0.101. The fourth-order valence-electron chi connectivity index (χ4n) is 2.61. The van der Waals surface area contributed by atoms with Crippen molar-refractivity contribution in [1.82, 2.24) is 3.97 Å². The van der Waals surface area contributed by atoms with Crippen LogP contribution in [0.1, 0.15) is 22.8 Å². The maximum Gasteiger partial charge on any atom is 0.268 e. The van der Waals surface area contributed by atoms with Crippen molar-refractivity contribution in [3.8, 4) is 0 Å². The molecular weight excluding hydrogens is 298 g/mol. The molecule has 4 nitrogen and oxygen atoms in total. The van der Waals surface area contributed by atoms with Gasteiger partial charge in [-0.1, -0.05) is 30.3 Å². The quantitative estimate of drug-likeness (QED) is 0.696. The molecule has 0 unspecified atom stereocenters. The lowest BCUT2D eigenvalue weighted by atomic mass is 10.1. The molecule has 0 saturated carbocycles. The van der Waals surface area contributed by atoms with Gasteiger partial charge in [-0.25, -0.2) is 12.4 Å². The molecular formula is C17H15NO3S. The highest BCUT2D eigenvalue weighted by Gasteiger charge is 2.22. The van der Waals surface area contributed by atoms with Gasteiger partial charge in [-0.2, -0.15) is 0 Å².